The zero-order valence-electron chi connectivity index (χ0n) is 12.7. The summed E-state index contributed by atoms with van der Waals surface area (Å²) < 4.78 is 5.43. The summed E-state index contributed by atoms with van der Waals surface area (Å²) in [7, 11) is 0. The summed E-state index contributed by atoms with van der Waals surface area (Å²) in [5.74, 6) is 0.844. The third kappa shape index (κ3) is 5.07. The maximum Gasteiger partial charge on any atom is 0.269 e. The molecule has 0 bridgehead atoms. The van der Waals surface area contributed by atoms with Crippen molar-refractivity contribution >= 4 is 11.6 Å². The van der Waals surface area contributed by atoms with Crippen LogP contribution in [0.5, 0.6) is 0 Å². The maximum atomic E-state index is 12.0. The molecular weight excluding hydrogens is 254 g/mol. The zero-order valence-corrected chi connectivity index (χ0v) is 12.7. The topological polar surface area (TPSA) is 53.9 Å². The van der Waals surface area contributed by atoms with Crippen molar-refractivity contribution in [3.63, 3.8) is 0 Å². The number of hydrazone groups is 1. The number of carbonyl (C=O) groups is 1. The zero-order chi connectivity index (χ0) is 15.0. The number of nitrogens with one attached hydrogen (secondary N) is 1. The van der Waals surface area contributed by atoms with Crippen molar-refractivity contribution in [2.24, 2.45) is 5.10 Å². The molecule has 0 unspecified atom stereocenters. The van der Waals surface area contributed by atoms with Crippen LogP contribution >= 0.6 is 0 Å². The molecule has 1 fully saturated rings. The summed E-state index contributed by atoms with van der Waals surface area (Å²) in [4.78, 5) is 13.9. The fourth-order valence-corrected chi connectivity index (χ4v) is 2.01. The maximum absolute atomic E-state index is 12.0. The SMILES string of the molecule is C=C(/C=C(\CC)OCC)N/N=C(/C)C(=O)N1CCCC1. The number of hydrogen-bond donors (Lipinski definition) is 1. The van der Waals surface area contributed by atoms with Gasteiger partial charge in [-0.15, -0.1) is 0 Å². The van der Waals surface area contributed by atoms with Crippen LogP contribution in [0.3, 0.4) is 0 Å². The number of amides is 1. The number of ether oxygens (including phenoxy) is 1. The van der Waals surface area contributed by atoms with Crippen LogP contribution in [0.2, 0.25) is 0 Å². The summed E-state index contributed by atoms with van der Waals surface area (Å²) in [6.07, 6.45) is 4.76. The fourth-order valence-electron chi connectivity index (χ4n) is 2.01. The Morgan fingerprint density at radius 2 is 2.05 bits per heavy atom. The van der Waals surface area contributed by atoms with Crippen LogP contribution in [-0.2, 0) is 9.53 Å². The van der Waals surface area contributed by atoms with E-state index in [9.17, 15) is 4.79 Å². The molecule has 5 heteroatoms. The highest BCUT2D eigenvalue weighted by Gasteiger charge is 2.19. The van der Waals surface area contributed by atoms with Crippen LogP contribution in [0.1, 0.15) is 40.0 Å². The lowest BCUT2D eigenvalue weighted by molar-refractivity contribution is -0.123. The normalized spacial score (nSPS) is 16.2. The molecule has 1 saturated heterocycles. The van der Waals surface area contributed by atoms with Crippen molar-refractivity contribution in [3.05, 3.63) is 24.1 Å². The fraction of sp³-hybridized carbons (Fsp3) is 0.600. The van der Waals surface area contributed by atoms with Gasteiger partial charge in [-0.25, -0.2) is 0 Å². The molecule has 112 valence electrons. The van der Waals surface area contributed by atoms with Gasteiger partial charge in [-0.2, -0.15) is 5.10 Å². The van der Waals surface area contributed by atoms with E-state index in [0.717, 1.165) is 38.1 Å². The van der Waals surface area contributed by atoms with E-state index in [4.69, 9.17) is 4.74 Å². The first-order valence-electron chi connectivity index (χ1n) is 7.20. The van der Waals surface area contributed by atoms with Crippen LogP contribution < -0.4 is 5.43 Å². The second-order valence-corrected chi connectivity index (χ2v) is 4.73. The number of hydrogen-bond acceptors (Lipinski definition) is 4. The average Bonchev–Trinajstić information content (AvgIpc) is 2.97. The summed E-state index contributed by atoms with van der Waals surface area (Å²) >= 11 is 0. The third-order valence-corrected chi connectivity index (χ3v) is 3.08. The molecule has 0 atom stereocenters. The smallest absolute Gasteiger partial charge is 0.269 e. The van der Waals surface area contributed by atoms with Crippen molar-refractivity contribution < 1.29 is 9.53 Å². The molecule has 0 saturated carbocycles. The van der Waals surface area contributed by atoms with Gasteiger partial charge in [-0.1, -0.05) is 13.5 Å². The average molecular weight is 279 g/mol. The molecule has 1 aliphatic rings. The minimum atomic E-state index is -0.00713. The molecule has 1 heterocycles. The van der Waals surface area contributed by atoms with Crippen LogP contribution in [0, 0.1) is 0 Å². The highest BCUT2D eigenvalue weighted by molar-refractivity contribution is 6.37. The Labute approximate surface area is 121 Å². The minimum Gasteiger partial charge on any atom is -0.498 e. The molecule has 0 aromatic rings. The van der Waals surface area contributed by atoms with Gasteiger partial charge in [0, 0.05) is 25.6 Å². The van der Waals surface area contributed by atoms with Crippen molar-refractivity contribution in [3.8, 4) is 0 Å². The van der Waals surface area contributed by atoms with Crippen molar-refractivity contribution in [2.45, 2.75) is 40.0 Å². The van der Waals surface area contributed by atoms with E-state index in [2.05, 4.69) is 17.1 Å². The molecule has 0 aliphatic carbocycles. The van der Waals surface area contributed by atoms with Gasteiger partial charge in [0.25, 0.3) is 5.91 Å². The largest absolute Gasteiger partial charge is 0.498 e. The van der Waals surface area contributed by atoms with Crippen molar-refractivity contribution in [1.29, 1.82) is 0 Å². The summed E-state index contributed by atoms with van der Waals surface area (Å²) in [5, 5.41) is 4.09. The van der Waals surface area contributed by atoms with E-state index in [0.29, 0.717) is 18.0 Å². The molecule has 0 aromatic heterocycles. The van der Waals surface area contributed by atoms with E-state index < -0.39 is 0 Å². The molecule has 20 heavy (non-hydrogen) atoms. The first-order chi connectivity index (χ1) is 9.58. The molecule has 0 radical (unpaired) electrons. The van der Waals surface area contributed by atoms with E-state index in [1.807, 2.05) is 18.7 Å². The van der Waals surface area contributed by atoms with E-state index >= 15 is 0 Å². The lowest BCUT2D eigenvalue weighted by atomic mass is 10.3. The van der Waals surface area contributed by atoms with Gasteiger partial charge in [-0.3, -0.25) is 10.2 Å². The first kappa shape index (κ1) is 16.3. The second-order valence-electron chi connectivity index (χ2n) is 4.73. The van der Waals surface area contributed by atoms with E-state index in [-0.39, 0.29) is 5.91 Å². The Balaban J connectivity index is 2.52. The van der Waals surface area contributed by atoms with Gasteiger partial charge in [0.2, 0.25) is 0 Å². The quantitative estimate of drug-likeness (QED) is 0.337. The van der Waals surface area contributed by atoms with Gasteiger partial charge in [0.1, 0.15) is 5.71 Å². The molecule has 1 N–H and O–H groups in total. The Kier molecular flexibility index (Phi) is 6.84. The monoisotopic (exact) mass is 279 g/mol. The summed E-state index contributed by atoms with van der Waals surface area (Å²) in [6.45, 7) is 11.8. The molecule has 0 spiro atoms. The Hall–Kier alpha value is -1.78. The van der Waals surface area contributed by atoms with Crippen LogP contribution in [0.15, 0.2) is 29.2 Å². The van der Waals surface area contributed by atoms with Gasteiger partial charge in [0.05, 0.1) is 18.1 Å². The predicted molar refractivity (Wildman–Crippen MR) is 81.2 cm³/mol. The summed E-state index contributed by atoms with van der Waals surface area (Å²) in [5.41, 5.74) is 3.87. The second kappa shape index (κ2) is 8.40. The van der Waals surface area contributed by atoms with Gasteiger partial charge < -0.3 is 9.64 Å². The molecule has 5 nitrogen and oxygen atoms in total. The Bertz CT molecular complexity index is 407. The lowest BCUT2D eigenvalue weighted by Gasteiger charge is -2.14. The molecule has 1 rings (SSSR count). The van der Waals surface area contributed by atoms with Crippen molar-refractivity contribution in [2.75, 3.05) is 19.7 Å². The van der Waals surface area contributed by atoms with Crippen LogP contribution in [0.4, 0.5) is 0 Å². The lowest BCUT2D eigenvalue weighted by Crippen LogP contribution is -2.33. The molecule has 1 aliphatic heterocycles. The molecule has 0 aromatic carbocycles. The number of carbonyl (C=O) groups excluding carboxylic acids is 1. The van der Waals surface area contributed by atoms with Crippen LogP contribution in [-0.4, -0.2) is 36.2 Å². The Morgan fingerprint density at radius 3 is 2.60 bits per heavy atom. The predicted octanol–water partition coefficient (Wildman–Crippen LogP) is 2.42. The minimum absolute atomic E-state index is 0.00713. The standard InChI is InChI=1S/C15H25N3O2/c1-5-14(20-6-2)11-12(3)16-17-13(4)15(19)18-9-7-8-10-18/h11,16H,3,5-10H2,1-2,4H3/b14-11+,17-13-. The van der Waals surface area contributed by atoms with Gasteiger partial charge in [-0.05, 0) is 26.7 Å². The number of nitrogens with zero attached hydrogens (tertiary/aromatic N) is 2. The van der Waals surface area contributed by atoms with E-state index in [1.54, 1.807) is 13.0 Å². The third-order valence-electron chi connectivity index (χ3n) is 3.08. The van der Waals surface area contributed by atoms with Gasteiger partial charge >= 0.3 is 0 Å². The molecular formula is C15H25N3O2. The number of likely N-dealkylation sites (tertiary alicyclic amines) is 1. The van der Waals surface area contributed by atoms with Crippen molar-refractivity contribution in [1.82, 2.24) is 10.3 Å². The summed E-state index contributed by atoms with van der Waals surface area (Å²) in [6, 6.07) is 0. The Morgan fingerprint density at radius 1 is 1.40 bits per heavy atom. The van der Waals surface area contributed by atoms with E-state index in [1.165, 1.54) is 0 Å². The number of allylic oxidation sites excluding steroid dienone is 2. The first-order valence-corrected chi connectivity index (χ1v) is 7.20. The van der Waals surface area contributed by atoms with Gasteiger partial charge in [0.15, 0.2) is 0 Å². The molecule has 1 amide bonds. The van der Waals surface area contributed by atoms with Crippen LogP contribution in [0.25, 0.3) is 0 Å². The highest BCUT2D eigenvalue weighted by atomic mass is 16.5. The number of rotatable bonds is 7. The highest BCUT2D eigenvalue weighted by Crippen LogP contribution is 2.08.